The Hall–Kier alpha value is -0.780. The number of halogens is 1. The Morgan fingerprint density at radius 1 is 1.33 bits per heavy atom. The highest BCUT2D eigenvalue weighted by Gasteiger charge is 2.32. The highest BCUT2D eigenvalue weighted by atomic mass is 79.9. The van der Waals surface area contributed by atoms with E-state index in [9.17, 15) is 14.7 Å². The fourth-order valence-electron chi connectivity index (χ4n) is 2.03. The van der Waals surface area contributed by atoms with Gasteiger partial charge in [-0.05, 0) is 34.6 Å². The van der Waals surface area contributed by atoms with E-state index in [-0.39, 0.29) is 17.3 Å². The predicted molar refractivity (Wildman–Crippen MR) is 75.1 cm³/mol. The maximum atomic E-state index is 11.6. The molecule has 0 rings (SSSR count). The number of alkyl halides is 1. The van der Waals surface area contributed by atoms with Gasteiger partial charge < -0.3 is 10.0 Å². The first-order chi connectivity index (χ1) is 8.15. The van der Waals surface area contributed by atoms with Crippen molar-refractivity contribution in [3.05, 3.63) is 0 Å². The Morgan fingerprint density at radius 2 is 1.83 bits per heavy atom. The SMILES string of the molecule is CCN(C[C@H](C)N(C(=O)O)C(C)(C)C)C(=O)CBr. The lowest BCUT2D eigenvalue weighted by molar-refractivity contribution is -0.129. The lowest BCUT2D eigenvalue weighted by Gasteiger charge is -2.39. The number of amides is 2. The predicted octanol–water partition coefficient (Wildman–Crippen LogP) is 2.40. The van der Waals surface area contributed by atoms with Gasteiger partial charge in [-0.3, -0.25) is 9.69 Å². The van der Waals surface area contributed by atoms with E-state index >= 15 is 0 Å². The summed E-state index contributed by atoms with van der Waals surface area (Å²) in [6.07, 6.45) is -0.961. The number of carbonyl (C=O) groups excluding carboxylic acids is 1. The molecule has 18 heavy (non-hydrogen) atoms. The minimum absolute atomic E-state index is 0.0244. The van der Waals surface area contributed by atoms with Crippen LogP contribution in [0.4, 0.5) is 4.79 Å². The molecule has 106 valence electrons. The summed E-state index contributed by atoms with van der Waals surface area (Å²) in [5.74, 6) is -0.0244. The van der Waals surface area contributed by atoms with E-state index < -0.39 is 11.6 Å². The van der Waals surface area contributed by atoms with Gasteiger partial charge in [-0.1, -0.05) is 15.9 Å². The van der Waals surface area contributed by atoms with Crippen LogP contribution in [-0.4, -0.2) is 56.9 Å². The molecule has 5 nitrogen and oxygen atoms in total. The zero-order valence-electron chi connectivity index (χ0n) is 11.7. The molecule has 0 aromatic carbocycles. The normalized spacial score (nSPS) is 13.0. The molecule has 0 aliphatic carbocycles. The lowest BCUT2D eigenvalue weighted by Crippen LogP contribution is -2.54. The fourth-order valence-corrected chi connectivity index (χ4v) is 2.38. The summed E-state index contributed by atoms with van der Waals surface area (Å²) in [5.41, 5.74) is -0.484. The summed E-state index contributed by atoms with van der Waals surface area (Å²) < 4.78 is 0. The van der Waals surface area contributed by atoms with Crippen molar-refractivity contribution < 1.29 is 14.7 Å². The molecule has 0 saturated heterocycles. The number of hydrogen-bond acceptors (Lipinski definition) is 2. The third-order valence-corrected chi connectivity index (χ3v) is 3.18. The molecule has 2 amide bonds. The van der Waals surface area contributed by atoms with E-state index in [2.05, 4.69) is 15.9 Å². The second-order valence-corrected chi connectivity index (χ2v) is 5.80. The molecule has 0 spiro atoms. The Balaban J connectivity index is 4.85. The Kier molecular flexibility index (Phi) is 6.67. The van der Waals surface area contributed by atoms with E-state index in [1.807, 2.05) is 34.6 Å². The van der Waals surface area contributed by atoms with Crippen molar-refractivity contribution in [1.29, 1.82) is 0 Å². The minimum atomic E-state index is -0.961. The topological polar surface area (TPSA) is 60.9 Å². The molecule has 0 radical (unpaired) electrons. The molecule has 1 N–H and O–H groups in total. The molecule has 0 unspecified atom stereocenters. The number of carbonyl (C=O) groups is 2. The van der Waals surface area contributed by atoms with Gasteiger partial charge >= 0.3 is 6.09 Å². The highest BCUT2D eigenvalue weighted by Crippen LogP contribution is 2.18. The van der Waals surface area contributed by atoms with Crippen molar-refractivity contribution in [2.45, 2.75) is 46.2 Å². The number of hydrogen-bond donors (Lipinski definition) is 1. The fraction of sp³-hybridized carbons (Fsp3) is 0.833. The Morgan fingerprint density at radius 3 is 2.11 bits per heavy atom. The van der Waals surface area contributed by atoms with Gasteiger partial charge in [0.15, 0.2) is 0 Å². The summed E-state index contributed by atoms with van der Waals surface area (Å²) in [5, 5.41) is 9.53. The number of likely N-dealkylation sites (N-methyl/N-ethyl adjacent to an activating group) is 1. The van der Waals surface area contributed by atoms with Crippen LogP contribution in [0.1, 0.15) is 34.6 Å². The maximum absolute atomic E-state index is 11.6. The van der Waals surface area contributed by atoms with Gasteiger partial charge in [0.25, 0.3) is 0 Å². The maximum Gasteiger partial charge on any atom is 0.408 e. The Bertz CT molecular complexity index is 302. The largest absolute Gasteiger partial charge is 0.465 e. The molecule has 0 heterocycles. The highest BCUT2D eigenvalue weighted by molar-refractivity contribution is 9.09. The van der Waals surface area contributed by atoms with E-state index in [1.54, 1.807) is 4.90 Å². The van der Waals surface area contributed by atoms with Gasteiger partial charge in [0.2, 0.25) is 5.91 Å². The van der Waals surface area contributed by atoms with Crippen LogP contribution in [0.3, 0.4) is 0 Å². The molecule has 0 fully saturated rings. The third kappa shape index (κ3) is 4.84. The van der Waals surface area contributed by atoms with Crippen LogP contribution in [0.15, 0.2) is 0 Å². The van der Waals surface area contributed by atoms with Gasteiger partial charge in [-0.15, -0.1) is 0 Å². The Labute approximate surface area is 117 Å². The molecule has 0 aliphatic rings. The van der Waals surface area contributed by atoms with E-state index in [0.717, 1.165) is 0 Å². The van der Waals surface area contributed by atoms with Gasteiger partial charge in [0, 0.05) is 18.6 Å². The number of carboxylic acid groups (broad SMARTS) is 1. The third-order valence-electron chi connectivity index (χ3n) is 2.70. The van der Waals surface area contributed by atoms with Crippen molar-refractivity contribution >= 4 is 27.9 Å². The van der Waals surface area contributed by atoms with Crippen LogP contribution in [-0.2, 0) is 4.79 Å². The van der Waals surface area contributed by atoms with Crippen molar-refractivity contribution in [2.75, 3.05) is 18.4 Å². The molecular weight excluding hydrogens is 300 g/mol. The standard InChI is InChI=1S/C12H23BrN2O3/c1-6-14(10(16)7-13)8-9(2)15(11(17)18)12(3,4)5/h9H,6-8H2,1-5H3,(H,17,18)/t9-/m0/s1. The minimum Gasteiger partial charge on any atom is -0.465 e. The van der Waals surface area contributed by atoms with E-state index in [1.165, 1.54) is 4.90 Å². The molecule has 0 aromatic rings. The molecule has 0 saturated carbocycles. The quantitative estimate of drug-likeness (QED) is 0.790. The summed E-state index contributed by atoms with van der Waals surface area (Å²) >= 11 is 3.13. The molecule has 0 bridgehead atoms. The van der Waals surface area contributed by atoms with E-state index in [4.69, 9.17) is 0 Å². The summed E-state index contributed by atoms with van der Waals surface area (Å²) in [4.78, 5) is 26.0. The molecule has 6 heteroatoms. The van der Waals surface area contributed by atoms with Crippen LogP contribution in [0.2, 0.25) is 0 Å². The second-order valence-electron chi connectivity index (χ2n) is 5.24. The summed E-state index contributed by atoms with van der Waals surface area (Å²) in [6, 6.07) is -0.245. The van der Waals surface area contributed by atoms with Crippen LogP contribution in [0, 0.1) is 0 Å². The average Bonchev–Trinajstić information content (AvgIpc) is 2.22. The zero-order valence-corrected chi connectivity index (χ0v) is 13.3. The van der Waals surface area contributed by atoms with Crippen molar-refractivity contribution in [3.63, 3.8) is 0 Å². The van der Waals surface area contributed by atoms with Crippen molar-refractivity contribution in [2.24, 2.45) is 0 Å². The van der Waals surface area contributed by atoms with Crippen molar-refractivity contribution in [1.82, 2.24) is 9.80 Å². The molecule has 1 atom stereocenters. The van der Waals surface area contributed by atoms with Crippen molar-refractivity contribution in [3.8, 4) is 0 Å². The number of rotatable bonds is 5. The van der Waals surface area contributed by atoms with E-state index in [0.29, 0.717) is 13.1 Å². The van der Waals surface area contributed by atoms with Gasteiger partial charge in [-0.2, -0.15) is 0 Å². The van der Waals surface area contributed by atoms with Gasteiger partial charge in [0.05, 0.1) is 11.4 Å². The summed E-state index contributed by atoms with van der Waals surface area (Å²) in [6.45, 7) is 10.2. The monoisotopic (exact) mass is 322 g/mol. The smallest absolute Gasteiger partial charge is 0.408 e. The second kappa shape index (κ2) is 6.97. The summed E-state index contributed by atoms with van der Waals surface area (Å²) in [7, 11) is 0. The first-order valence-electron chi connectivity index (χ1n) is 6.01. The first kappa shape index (κ1) is 17.2. The molecule has 0 aromatic heterocycles. The van der Waals surface area contributed by atoms with Gasteiger partial charge in [0.1, 0.15) is 0 Å². The molecular formula is C12H23BrN2O3. The van der Waals surface area contributed by atoms with Crippen LogP contribution >= 0.6 is 15.9 Å². The van der Waals surface area contributed by atoms with Crippen LogP contribution < -0.4 is 0 Å². The van der Waals surface area contributed by atoms with Crippen LogP contribution in [0.25, 0.3) is 0 Å². The molecule has 0 aliphatic heterocycles. The first-order valence-corrected chi connectivity index (χ1v) is 7.13. The van der Waals surface area contributed by atoms with Crippen LogP contribution in [0.5, 0.6) is 0 Å². The number of nitrogens with zero attached hydrogens (tertiary/aromatic N) is 2. The zero-order chi connectivity index (χ0) is 14.5. The average molecular weight is 323 g/mol. The lowest BCUT2D eigenvalue weighted by atomic mass is 10.0. The van der Waals surface area contributed by atoms with Gasteiger partial charge in [-0.25, -0.2) is 4.79 Å².